The molecule has 208 valence electrons. The lowest BCUT2D eigenvalue weighted by Gasteiger charge is -2.24. The van der Waals surface area contributed by atoms with Crippen molar-refractivity contribution in [1.82, 2.24) is 0 Å². The number of furan rings is 2. The lowest BCUT2D eigenvalue weighted by molar-refractivity contribution is 0.629. The van der Waals surface area contributed by atoms with Crippen molar-refractivity contribution in [2.45, 2.75) is 45.4 Å². The van der Waals surface area contributed by atoms with E-state index in [-0.39, 0.29) is 10.8 Å². The summed E-state index contributed by atoms with van der Waals surface area (Å²) in [6, 6.07) is 37.3. The Morgan fingerprint density at radius 3 is 1.67 bits per heavy atom. The number of hydrogen-bond donors (Lipinski definition) is 0. The Hall–Kier alpha value is -4.82. The molecular weight excluding hydrogens is 524 g/mol. The summed E-state index contributed by atoms with van der Waals surface area (Å²) in [7, 11) is 0. The molecule has 0 aliphatic heterocycles. The van der Waals surface area contributed by atoms with Gasteiger partial charge >= 0.3 is 0 Å². The van der Waals surface area contributed by atoms with Gasteiger partial charge in [-0.1, -0.05) is 76.2 Å². The highest BCUT2D eigenvalue weighted by Crippen LogP contribution is 2.57. The van der Waals surface area contributed by atoms with E-state index in [1.54, 1.807) is 0 Å². The summed E-state index contributed by atoms with van der Waals surface area (Å²) in [4.78, 5) is 0. The van der Waals surface area contributed by atoms with Gasteiger partial charge in [-0.2, -0.15) is 0 Å². The van der Waals surface area contributed by atoms with Crippen LogP contribution in [0.5, 0.6) is 0 Å². The van der Waals surface area contributed by atoms with Gasteiger partial charge in [-0.15, -0.1) is 0 Å². The SMILES string of the molecule is Cc1cc(-c2cc3ccccc3o2)cc2c1-c1cc3c(cc1C2(C)C)-c1ccc(-c2cc4ccccc4o2)cc1C3(C)C. The van der Waals surface area contributed by atoms with E-state index in [0.29, 0.717) is 0 Å². The molecule has 0 amide bonds. The van der Waals surface area contributed by atoms with Gasteiger partial charge in [-0.3, -0.25) is 0 Å². The van der Waals surface area contributed by atoms with Crippen LogP contribution >= 0.6 is 0 Å². The van der Waals surface area contributed by atoms with Crippen molar-refractivity contribution in [3.63, 3.8) is 0 Å². The van der Waals surface area contributed by atoms with Crippen molar-refractivity contribution in [2.24, 2.45) is 0 Å². The van der Waals surface area contributed by atoms with Gasteiger partial charge in [-0.25, -0.2) is 0 Å². The summed E-state index contributed by atoms with van der Waals surface area (Å²) in [5.41, 5.74) is 16.1. The fourth-order valence-electron chi connectivity index (χ4n) is 7.83. The summed E-state index contributed by atoms with van der Waals surface area (Å²) in [5, 5.41) is 2.27. The minimum Gasteiger partial charge on any atom is -0.456 e. The molecular formula is C41H32O2. The monoisotopic (exact) mass is 556 g/mol. The first-order valence-corrected chi connectivity index (χ1v) is 15.2. The van der Waals surface area contributed by atoms with Gasteiger partial charge in [-0.05, 0) is 112 Å². The normalized spacial score (nSPS) is 15.5. The summed E-state index contributed by atoms with van der Waals surface area (Å²) in [6.07, 6.45) is 0. The van der Waals surface area contributed by atoms with E-state index in [4.69, 9.17) is 8.83 Å². The van der Waals surface area contributed by atoms with Gasteiger partial charge in [0.15, 0.2) is 0 Å². The lowest BCUT2D eigenvalue weighted by atomic mass is 9.79. The third kappa shape index (κ3) is 3.29. The Bertz CT molecular complexity index is 2240. The lowest BCUT2D eigenvalue weighted by Crippen LogP contribution is -2.17. The molecule has 2 aliphatic carbocycles. The maximum atomic E-state index is 6.30. The third-order valence-electron chi connectivity index (χ3n) is 10.2. The fraction of sp³-hybridized carbons (Fsp3) is 0.171. The maximum absolute atomic E-state index is 6.30. The van der Waals surface area contributed by atoms with E-state index in [1.165, 1.54) is 50.1 Å². The summed E-state index contributed by atoms with van der Waals surface area (Å²) in [5.74, 6) is 1.85. The van der Waals surface area contributed by atoms with Crippen LogP contribution in [0.3, 0.4) is 0 Å². The van der Waals surface area contributed by atoms with Crippen LogP contribution in [0.4, 0.5) is 0 Å². The van der Waals surface area contributed by atoms with Crippen LogP contribution in [-0.4, -0.2) is 0 Å². The molecule has 0 fully saturated rings. The molecule has 0 unspecified atom stereocenters. The molecule has 9 rings (SSSR count). The maximum Gasteiger partial charge on any atom is 0.135 e. The van der Waals surface area contributed by atoms with E-state index < -0.39 is 0 Å². The van der Waals surface area contributed by atoms with Crippen LogP contribution in [0.25, 0.3) is 66.8 Å². The van der Waals surface area contributed by atoms with E-state index in [9.17, 15) is 0 Å². The third-order valence-corrected chi connectivity index (χ3v) is 10.2. The minimum atomic E-state index is -0.131. The van der Waals surface area contributed by atoms with Crippen LogP contribution in [-0.2, 0) is 10.8 Å². The first-order chi connectivity index (χ1) is 20.7. The molecule has 2 heterocycles. The minimum absolute atomic E-state index is 0.128. The molecule has 5 aromatic carbocycles. The van der Waals surface area contributed by atoms with Gasteiger partial charge in [0.2, 0.25) is 0 Å². The first-order valence-electron chi connectivity index (χ1n) is 15.2. The molecule has 0 bridgehead atoms. The summed E-state index contributed by atoms with van der Waals surface area (Å²) in [6.45, 7) is 11.7. The number of para-hydroxylation sites is 2. The topological polar surface area (TPSA) is 26.3 Å². The van der Waals surface area contributed by atoms with E-state index >= 15 is 0 Å². The van der Waals surface area contributed by atoms with Crippen LogP contribution in [0, 0.1) is 6.92 Å². The van der Waals surface area contributed by atoms with Crippen LogP contribution < -0.4 is 0 Å². The second-order valence-corrected chi connectivity index (χ2v) is 13.5. The summed E-state index contributed by atoms with van der Waals surface area (Å²) >= 11 is 0. The van der Waals surface area contributed by atoms with Crippen molar-refractivity contribution in [2.75, 3.05) is 0 Å². The molecule has 2 nitrogen and oxygen atoms in total. The van der Waals surface area contributed by atoms with Crippen molar-refractivity contribution in [3.05, 3.63) is 131 Å². The Morgan fingerprint density at radius 1 is 0.465 bits per heavy atom. The largest absolute Gasteiger partial charge is 0.456 e. The molecule has 2 aliphatic rings. The average Bonchev–Trinajstić information content (AvgIpc) is 3.73. The zero-order chi connectivity index (χ0) is 29.2. The Balaban J connectivity index is 1.18. The summed E-state index contributed by atoms with van der Waals surface area (Å²) < 4.78 is 12.6. The average molecular weight is 557 g/mol. The molecule has 0 N–H and O–H groups in total. The number of rotatable bonds is 2. The molecule has 0 spiro atoms. The standard InChI is InChI=1S/C41H32O2/c1-23-16-27(38-20-25-11-7-9-13-36(25)43-38)18-34-39(23)30-22-32-29(21-33(30)41(34,4)5)28-15-14-26(17-31(28)40(32,2)3)37-19-24-10-6-8-12-35(24)42-37/h6-22H,1-5H3. The number of hydrogen-bond acceptors (Lipinski definition) is 2. The number of aryl methyl sites for hydroxylation is 1. The molecule has 2 heteroatoms. The van der Waals surface area contributed by atoms with Crippen LogP contribution in [0.1, 0.15) is 55.5 Å². The number of benzene rings is 5. The Morgan fingerprint density at radius 2 is 1.00 bits per heavy atom. The first kappa shape index (κ1) is 24.7. The van der Waals surface area contributed by atoms with Crippen molar-refractivity contribution < 1.29 is 8.83 Å². The molecule has 0 atom stereocenters. The van der Waals surface area contributed by atoms with Gasteiger partial charge in [0, 0.05) is 32.7 Å². The van der Waals surface area contributed by atoms with Crippen LogP contribution in [0.2, 0.25) is 0 Å². The molecule has 7 aromatic rings. The smallest absolute Gasteiger partial charge is 0.135 e. The van der Waals surface area contributed by atoms with E-state index in [2.05, 4.69) is 113 Å². The number of fused-ring (bicyclic) bond motifs is 8. The Labute approximate surface area is 251 Å². The second-order valence-electron chi connectivity index (χ2n) is 13.5. The molecule has 0 saturated carbocycles. The van der Waals surface area contributed by atoms with Crippen molar-refractivity contribution >= 4 is 21.9 Å². The zero-order valence-corrected chi connectivity index (χ0v) is 25.1. The zero-order valence-electron chi connectivity index (χ0n) is 25.1. The van der Waals surface area contributed by atoms with E-state index in [1.807, 2.05) is 24.3 Å². The Kier molecular flexibility index (Phi) is 4.70. The van der Waals surface area contributed by atoms with Crippen LogP contribution in [0.15, 0.2) is 112 Å². The fourth-order valence-corrected chi connectivity index (χ4v) is 7.83. The van der Waals surface area contributed by atoms with Crippen molar-refractivity contribution in [1.29, 1.82) is 0 Å². The molecule has 43 heavy (non-hydrogen) atoms. The highest BCUT2D eigenvalue weighted by Gasteiger charge is 2.42. The molecule has 0 radical (unpaired) electrons. The molecule has 2 aromatic heterocycles. The van der Waals surface area contributed by atoms with Crippen molar-refractivity contribution in [3.8, 4) is 44.9 Å². The van der Waals surface area contributed by atoms with Gasteiger partial charge < -0.3 is 8.83 Å². The van der Waals surface area contributed by atoms with Gasteiger partial charge in [0.25, 0.3) is 0 Å². The van der Waals surface area contributed by atoms with Gasteiger partial charge in [0.1, 0.15) is 22.7 Å². The highest BCUT2D eigenvalue weighted by molar-refractivity contribution is 5.93. The van der Waals surface area contributed by atoms with E-state index in [0.717, 1.165) is 44.6 Å². The molecule has 0 saturated heterocycles. The second kappa shape index (κ2) is 8.17. The highest BCUT2D eigenvalue weighted by atomic mass is 16.3. The van der Waals surface area contributed by atoms with Gasteiger partial charge in [0.05, 0.1) is 0 Å². The predicted molar refractivity (Wildman–Crippen MR) is 177 cm³/mol. The predicted octanol–water partition coefficient (Wildman–Crippen LogP) is 11.4. The quantitative estimate of drug-likeness (QED) is 0.212.